The third kappa shape index (κ3) is 4.62. The van der Waals surface area contributed by atoms with Crippen LogP contribution in [0, 0.1) is 0 Å². The third-order valence-electron chi connectivity index (χ3n) is 7.02. The van der Waals surface area contributed by atoms with Gasteiger partial charge in [0.15, 0.2) is 9.84 Å². The van der Waals surface area contributed by atoms with Crippen molar-refractivity contribution in [1.82, 2.24) is 9.13 Å². The molecular formula is C29H27Cl2N3O5S. The van der Waals surface area contributed by atoms with Gasteiger partial charge >= 0.3 is 0 Å². The lowest BCUT2D eigenvalue weighted by Gasteiger charge is -2.29. The maximum atomic E-state index is 14.2. The van der Waals surface area contributed by atoms with Crippen molar-refractivity contribution in [3.8, 4) is 17.0 Å². The lowest BCUT2D eigenvalue weighted by molar-refractivity contribution is 0.0993. The Kier molecular flexibility index (Phi) is 7.10. The average molecular weight is 601 g/mol. The molecule has 0 N–H and O–H groups in total. The van der Waals surface area contributed by atoms with Crippen molar-refractivity contribution in [2.75, 3.05) is 18.3 Å². The zero-order chi connectivity index (χ0) is 29.1. The van der Waals surface area contributed by atoms with Gasteiger partial charge in [0.25, 0.3) is 11.5 Å². The van der Waals surface area contributed by atoms with E-state index in [1.54, 1.807) is 48.5 Å². The van der Waals surface area contributed by atoms with E-state index < -0.39 is 15.9 Å². The number of benzene rings is 2. The Balaban J connectivity index is 1.82. The van der Waals surface area contributed by atoms with Gasteiger partial charge in [0.1, 0.15) is 16.8 Å². The Morgan fingerprint density at radius 1 is 0.950 bits per heavy atom. The molecule has 4 aromatic rings. The van der Waals surface area contributed by atoms with Gasteiger partial charge in [-0.3, -0.25) is 14.5 Å². The van der Waals surface area contributed by atoms with E-state index in [1.165, 1.54) is 23.8 Å². The van der Waals surface area contributed by atoms with Crippen molar-refractivity contribution < 1.29 is 17.9 Å². The highest BCUT2D eigenvalue weighted by Gasteiger charge is 2.43. The predicted molar refractivity (Wildman–Crippen MR) is 157 cm³/mol. The van der Waals surface area contributed by atoms with E-state index in [9.17, 15) is 18.0 Å². The van der Waals surface area contributed by atoms with Gasteiger partial charge in [-0.15, -0.1) is 0 Å². The van der Waals surface area contributed by atoms with Gasteiger partial charge < -0.3 is 13.9 Å². The number of hydrogen-bond acceptors (Lipinski definition) is 5. The molecule has 1 amide bonds. The second-order valence-corrected chi connectivity index (χ2v) is 12.9. The molecule has 1 atom stereocenters. The summed E-state index contributed by atoms with van der Waals surface area (Å²) in [5, 5.41) is 0.543. The molecule has 0 saturated heterocycles. The van der Waals surface area contributed by atoms with E-state index in [2.05, 4.69) is 0 Å². The number of nitrogens with zero attached hydrogens (tertiary/aromatic N) is 3. The first-order chi connectivity index (χ1) is 18.8. The number of anilines is 1. The molecule has 0 fully saturated rings. The lowest BCUT2D eigenvalue weighted by atomic mass is 10.0. The minimum atomic E-state index is -3.50. The van der Waals surface area contributed by atoms with Crippen LogP contribution in [0.1, 0.15) is 47.5 Å². The Hall–Kier alpha value is -3.53. The molecule has 0 aliphatic carbocycles. The van der Waals surface area contributed by atoms with Crippen molar-refractivity contribution in [2.45, 2.75) is 30.8 Å². The Morgan fingerprint density at radius 2 is 1.62 bits per heavy atom. The highest BCUT2D eigenvalue weighted by atomic mass is 35.5. The molecule has 0 spiro atoms. The number of fused-ring (bicyclic) bond motifs is 1. The van der Waals surface area contributed by atoms with Gasteiger partial charge in [0.05, 0.1) is 34.6 Å². The van der Waals surface area contributed by atoms with Crippen LogP contribution in [-0.4, -0.2) is 36.8 Å². The number of amides is 1. The molecule has 0 bridgehead atoms. The smallest absolute Gasteiger partial charge is 0.269 e. The summed E-state index contributed by atoms with van der Waals surface area (Å²) in [4.78, 5) is 28.3. The van der Waals surface area contributed by atoms with Crippen LogP contribution in [0.2, 0.25) is 10.0 Å². The van der Waals surface area contributed by atoms with Crippen molar-refractivity contribution in [3.05, 3.63) is 98.0 Å². The number of hydrogen-bond donors (Lipinski definition) is 0. The molecule has 3 heterocycles. The zero-order valence-electron chi connectivity index (χ0n) is 22.5. The van der Waals surface area contributed by atoms with Gasteiger partial charge in [-0.05, 0) is 61.9 Å². The first-order valence-corrected chi connectivity index (χ1v) is 15.1. The molecule has 8 nitrogen and oxygen atoms in total. The predicted octanol–water partition coefficient (Wildman–Crippen LogP) is 5.90. The highest BCUT2D eigenvalue weighted by molar-refractivity contribution is 7.90. The van der Waals surface area contributed by atoms with Crippen molar-refractivity contribution >= 4 is 44.6 Å². The summed E-state index contributed by atoms with van der Waals surface area (Å²) in [6, 6.07) is 14.5. The molecule has 11 heteroatoms. The van der Waals surface area contributed by atoms with Gasteiger partial charge in [-0.2, -0.15) is 0 Å². The molecule has 1 aliphatic heterocycles. The average Bonchev–Trinajstić information content (AvgIpc) is 3.41. The van der Waals surface area contributed by atoms with Crippen LogP contribution in [0.3, 0.4) is 0 Å². The van der Waals surface area contributed by atoms with E-state index in [0.29, 0.717) is 39.0 Å². The molecule has 5 rings (SSSR count). The highest BCUT2D eigenvalue weighted by Crippen LogP contribution is 2.47. The number of carbonyl (C=O) groups excluding carboxylic acids is 1. The van der Waals surface area contributed by atoms with Crippen LogP contribution in [-0.2, 0) is 16.9 Å². The number of sulfone groups is 1. The summed E-state index contributed by atoms with van der Waals surface area (Å²) < 4.78 is 33.8. The second kappa shape index (κ2) is 10.1. The number of pyridine rings is 1. The SMILES string of the molecule is COc1ccc(S(C)(=O)=O)cc1-c1cc2c(n1C(C)C)C(c1ccc(Cl)cc1)N(c1cc(Cl)c(=O)n(C)c1)C2=O. The minimum Gasteiger partial charge on any atom is -0.496 e. The fourth-order valence-electron chi connectivity index (χ4n) is 5.25. The zero-order valence-corrected chi connectivity index (χ0v) is 24.8. The number of methoxy groups -OCH3 is 1. The number of carbonyl (C=O) groups is 1. The normalized spacial score (nSPS) is 15.2. The maximum Gasteiger partial charge on any atom is 0.269 e. The first-order valence-electron chi connectivity index (χ1n) is 12.4. The molecule has 0 saturated carbocycles. The quantitative estimate of drug-likeness (QED) is 0.275. The fraction of sp³-hybridized carbons (Fsp3) is 0.241. The summed E-state index contributed by atoms with van der Waals surface area (Å²) in [6.45, 7) is 3.98. The van der Waals surface area contributed by atoms with Gasteiger partial charge in [-0.25, -0.2) is 8.42 Å². The molecule has 2 aromatic heterocycles. The maximum absolute atomic E-state index is 14.2. The number of aryl methyl sites for hydroxylation is 1. The summed E-state index contributed by atoms with van der Waals surface area (Å²) in [5.74, 6) is 0.186. The monoisotopic (exact) mass is 599 g/mol. The topological polar surface area (TPSA) is 90.6 Å². The van der Waals surface area contributed by atoms with E-state index in [4.69, 9.17) is 27.9 Å². The van der Waals surface area contributed by atoms with E-state index in [1.807, 2.05) is 30.5 Å². The van der Waals surface area contributed by atoms with Crippen LogP contribution >= 0.6 is 23.2 Å². The number of aromatic nitrogens is 2. The molecule has 208 valence electrons. The van der Waals surface area contributed by atoms with E-state index in [0.717, 1.165) is 11.8 Å². The standard InChI is InChI=1S/C29H27Cl2N3O5S/c1-16(2)33-24(21-13-20(40(5,37)38)10-11-25(21)39-4)14-22-27(33)26(17-6-8-18(30)9-7-17)34(28(22)35)19-12-23(31)29(36)32(3)15-19/h6-16,26H,1-5H3. The summed E-state index contributed by atoms with van der Waals surface area (Å²) in [7, 11) is -0.409. The van der Waals surface area contributed by atoms with Crippen molar-refractivity contribution in [1.29, 1.82) is 0 Å². The second-order valence-electron chi connectivity index (χ2n) is 10.0. The van der Waals surface area contributed by atoms with E-state index in [-0.39, 0.29) is 27.4 Å². The van der Waals surface area contributed by atoms with Gasteiger partial charge in [0.2, 0.25) is 0 Å². The molecular weight excluding hydrogens is 573 g/mol. The van der Waals surface area contributed by atoms with Crippen LogP contribution in [0.5, 0.6) is 5.75 Å². The van der Waals surface area contributed by atoms with Gasteiger partial charge in [-0.1, -0.05) is 35.3 Å². The summed E-state index contributed by atoms with van der Waals surface area (Å²) >= 11 is 12.5. The van der Waals surface area contributed by atoms with Crippen molar-refractivity contribution in [2.24, 2.45) is 7.05 Å². The number of rotatable bonds is 6. The molecule has 40 heavy (non-hydrogen) atoms. The summed E-state index contributed by atoms with van der Waals surface area (Å²) in [6.07, 6.45) is 2.73. The van der Waals surface area contributed by atoms with E-state index >= 15 is 0 Å². The van der Waals surface area contributed by atoms with Gasteiger partial charge in [0, 0.05) is 36.1 Å². The van der Waals surface area contributed by atoms with Crippen LogP contribution in [0.25, 0.3) is 11.3 Å². The molecule has 2 aromatic carbocycles. The molecule has 1 unspecified atom stereocenters. The number of ether oxygens (including phenoxy) is 1. The Morgan fingerprint density at radius 3 is 2.20 bits per heavy atom. The Labute approximate surface area is 242 Å². The summed E-state index contributed by atoms with van der Waals surface area (Å²) in [5.41, 5.74) is 3.24. The number of halogens is 2. The Bertz CT molecular complexity index is 1800. The molecule has 0 radical (unpaired) electrons. The van der Waals surface area contributed by atoms with Crippen LogP contribution < -0.4 is 15.2 Å². The minimum absolute atomic E-state index is 0.00557. The first kappa shape index (κ1) is 28.0. The van der Waals surface area contributed by atoms with Crippen LogP contribution in [0.4, 0.5) is 5.69 Å². The fourth-order valence-corrected chi connectivity index (χ4v) is 6.26. The molecule has 1 aliphatic rings. The lowest BCUT2D eigenvalue weighted by Crippen LogP contribution is -2.31. The van der Waals surface area contributed by atoms with Crippen LogP contribution in [0.15, 0.2) is 70.5 Å². The third-order valence-corrected chi connectivity index (χ3v) is 8.66. The van der Waals surface area contributed by atoms with Crippen molar-refractivity contribution in [3.63, 3.8) is 0 Å². The largest absolute Gasteiger partial charge is 0.496 e.